The van der Waals surface area contributed by atoms with Crippen molar-refractivity contribution in [2.24, 2.45) is 28.6 Å². The lowest BCUT2D eigenvalue weighted by Crippen LogP contribution is -2.53. The predicted octanol–water partition coefficient (Wildman–Crippen LogP) is 3.06. The molecule has 0 heterocycles. The number of carbonyl (C=O) groups is 2. The van der Waals surface area contributed by atoms with E-state index in [-0.39, 0.29) is 34.6 Å². The first-order valence-corrected chi connectivity index (χ1v) is 8.82. The number of hydrogen-bond acceptors (Lipinski definition) is 3. The van der Waals surface area contributed by atoms with Gasteiger partial charge >= 0.3 is 0 Å². The van der Waals surface area contributed by atoms with Gasteiger partial charge in [-0.15, -0.1) is 0 Å². The van der Waals surface area contributed by atoms with E-state index in [0.29, 0.717) is 24.5 Å². The van der Waals surface area contributed by atoms with Crippen molar-refractivity contribution in [1.82, 2.24) is 0 Å². The van der Waals surface area contributed by atoms with Crippen LogP contribution in [0.4, 0.5) is 0 Å². The Balaban J connectivity index is 1.76. The second-order valence-electron chi connectivity index (χ2n) is 8.54. The topological polar surface area (TPSA) is 54.4 Å². The van der Waals surface area contributed by atoms with E-state index in [1.165, 1.54) is 5.57 Å². The molecule has 0 aromatic rings. The monoisotopic (exact) mass is 302 g/mol. The van der Waals surface area contributed by atoms with Crippen LogP contribution in [0.3, 0.4) is 0 Å². The number of ketones is 2. The Bertz CT molecular complexity index is 577. The third-order valence-corrected chi connectivity index (χ3v) is 7.63. The van der Waals surface area contributed by atoms with Gasteiger partial charge < -0.3 is 5.11 Å². The van der Waals surface area contributed by atoms with E-state index in [9.17, 15) is 14.7 Å². The molecule has 120 valence electrons. The van der Waals surface area contributed by atoms with E-state index >= 15 is 0 Å². The van der Waals surface area contributed by atoms with Crippen LogP contribution in [0.5, 0.6) is 0 Å². The van der Waals surface area contributed by atoms with E-state index in [1.54, 1.807) is 0 Å². The number of aliphatic hydroxyl groups is 1. The highest BCUT2D eigenvalue weighted by Gasteiger charge is 2.60. The van der Waals surface area contributed by atoms with Gasteiger partial charge in [0.2, 0.25) is 0 Å². The highest BCUT2D eigenvalue weighted by Crippen LogP contribution is 2.63. The molecule has 4 aliphatic rings. The SMILES string of the molecule is C[C@]12CC[C@@H](O)CC1=CC(=O)[C@@H]1[C@@H]2CC[C@]2(C)C(=O)CC[C@@H]12. The molecule has 0 radical (unpaired) electrons. The number of hydrogen-bond donors (Lipinski definition) is 1. The Hall–Kier alpha value is -0.960. The minimum atomic E-state index is -0.286. The zero-order valence-corrected chi connectivity index (χ0v) is 13.6. The summed E-state index contributed by atoms with van der Waals surface area (Å²) in [6.45, 7) is 4.40. The molecule has 0 amide bonds. The zero-order valence-electron chi connectivity index (χ0n) is 13.6. The molecule has 0 aromatic heterocycles. The number of allylic oxidation sites excluding steroid dienone is 1. The van der Waals surface area contributed by atoms with Gasteiger partial charge in [-0.2, -0.15) is 0 Å². The fourth-order valence-electron chi connectivity index (χ4n) is 6.16. The largest absolute Gasteiger partial charge is 0.393 e. The molecule has 0 aliphatic heterocycles. The molecule has 0 saturated heterocycles. The molecule has 0 aromatic carbocycles. The van der Waals surface area contributed by atoms with Crippen molar-refractivity contribution in [3.8, 4) is 0 Å². The Morgan fingerprint density at radius 3 is 2.50 bits per heavy atom. The summed E-state index contributed by atoms with van der Waals surface area (Å²) in [7, 11) is 0. The van der Waals surface area contributed by atoms with E-state index in [2.05, 4.69) is 13.8 Å². The molecule has 3 heteroatoms. The maximum atomic E-state index is 12.9. The van der Waals surface area contributed by atoms with Crippen LogP contribution in [0.15, 0.2) is 11.6 Å². The highest BCUT2D eigenvalue weighted by molar-refractivity contribution is 5.96. The number of carbonyl (C=O) groups excluding carboxylic acids is 2. The van der Waals surface area contributed by atoms with Crippen LogP contribution in [0, 0.1) is 28.6 Å². The van der Waals surface area contributed by atoms with Crippen molar-refractivity contribution >= 4 is 11.6 Å². The van der Waals surface area contributed by atoms with Crippen molar-refractivity contribution < 1.29 is 14.7 Å². The van der Waals surface area contributed by atoms with Crippen molar-refractivity contribution in [3.05, 3.63) is 11.6 Å². The summed E-state index contributed by atoms with van der Waals surface area (Å²) in [5.41, 5.74) is 0.975. The van der Waals surface area contributed by atoms with Crippen molar-refractivity contribution in [3.63, 3.8) is 0 Å². The maximum Gasteiger partial charge on any atom is 0.159 e. The van der Waals surface area contributed by atoms with Gasteiger partial charge in [-0.05, 0) is 61.9 Å². The summed E-state index contributed by atoms with van der Waals surface area (Å²) < 4.78 is 0. The molecule has 0 unspecified atom stereocenters. The summed E-state index contributed by atoms with van der Waals surface area (Å²) in [6.07, 6.45) is 7.51. The molecule has 3 nitrogen and oxygen atoms in total. The van der Waals surface area contributed by atoms with Gasteiger partial charge in [0.1, 0.15) is 5.78 Å². The molecule has 4 aliphatic carbocycles. The smallest absolute Gasteiger partial charge is 0.159 e. The van der Waals surface area contributed by atoms with Crippen LogP contribution in [0.25, 0.3) is 0 Å². The molecule has 3 saturated carbocycles. The molecule has 3 fully saturated rings. The zero-order chi connectivity index (χ0) is 15.7. The normalized spacial score (nSPS) is 51.0. The summed E-state index contributed by atoms with van der Waals surface area (Å²) in [4.78, 5) is 25.2. The number of aliphatic hydroxyl groups excluding tert-OH is 1. The van der Waals surface area contributed by atoms with E-state index in [0.717, 1.165) is 32.1 Å². The molecule has 6 atom stereocenters. The Kier molecular flexibility index (Phi) is 3.01. The number of fused-ring (bicyclic) bond motifs is 5. The standard InChI is InChI=1S/C19H26O3/c1-18-7-5-12(20)9-11(18)10-15(21)17-13-3-4-16(22)19(13,2)8-6-14(17)18/h10,12-14,17,20H,3-9H2,1-2H3/t12-,13+,14+,17+,18+,19+/m1/s1. The van der Waals surface area contributed by atoms with Crippen LogP contribution in [0.2, 0.25) is 0 Å². The molecule has 0 spiro atoms. The molecule has 4 rings (SSSR count). The van der Waals surface area contributed by atoms with Crippen molar-refractivity contribution in [2.75, 3.05) is 0 Å². The average molecular weight is 302 g/mol. The van der Waals surface area contributed by atoms with Crippen LogP contribution in [-0.4, -0.2) is 22.8 Å². The average Bonchev–Trinajstić information content (AvgIpc) is 2.77. The maximum absolute atomic E-state index is 12.9. The third kappa shape index (κ3) is 1.72. The lowest BCUT2D eigenvalue weighted by molar-refractivity contribution is -0.139. The Labute approximate surface area is 132 Å². The minimum absolute atomic E-state index is 0.0363. The van der Waals surface area contributed by atoms with E-state index in [4.69, 9.17) is 0 Å². The number of rotatable bonds is 0. The first-order chi connectivity index (χ1) is 10.4. The Morgan fingerprint density at radius 1 is 1.05 bits per heavy atom. The van der Waals surface area contributed by atoms with Crippen LogP contribution in [-0.2, 0) is 9.59 Å². The minimum Gasteiger partial charge on any atom is -0.393 e. The lowest BCUT2D eigenvalue weighted by atomic mass is 9.48. The van der Waals surface area contributed by atoms with E-state index in [1.807, 2.05) is 6.08 Å². The van der Waals surface area contributed by atoms with Gasteiger partial charge in [0.25, 0.3) is 0 Å². The summed E-state index contributed by atoms with van der Waals surface area (Å²) in [5, 5.41) is 9.97. The molecule has 1 N–H and O–H groups in total. The van der Waals surface area contributed by atoms with Gasteiger partial charge in [0, 0.05) is 17.8 Å². The number of Topliss-reactive ketones (excluding diaryl/α,β-unsaturated/α-hetero) is 1. The first-order valence-electron chi connectivity index (χ1n) is 8.82. The van der Waals surface area contributed by atoms with Crippen molar-refractivity contribution in [1.29, 1.82) is 0 Å². The van der Waals surface area contributed by atoms with Crippen molar-refractivity contribution in [2.45, 2.75) is 64.9 Å². The predicted molar refractivity (Wildman–Crippen MR) is 83.1 cm³/mol. The second kappa shape index (κ2) is 4.53. The highest BCUT2D eigenvalue weighted by atomic mass is 16.3. The molecule has 22 heavy (non-hydrogen) atoms. The van der Waals surface area contributed by atoms with Gasteiger partial charge in [-0.1, -0.05) is 19.4 Å². The molecular formula is C19H26O3. The first kappa shape index (κ1) is 14.6. The van der Waals surface area contributed by atoms with Crippen LogP contribution < -0.4 is 0 Å². The molecular weight excluding hydrogens is 276 g/mol. The quantitative estimate of drug-likeness (QED) is 0.748. The van der Waals surface area contributed by atoms with Gasteiger partial charge in [-0.25, -0.2) is 0 Å². The Morgan fingerprint density at radius 2 is 1.73 bits per heavy atom. The molecule has 0 bridgehead atoms. The fourth-order valence-corrected chi connectivity index (χ4v) is 6.16. The summed E-state index contributed by atoms with van der Waals surface area (Å²) >= 11 is 0. The van der Waals surface area contributed by atoms with Gasteiger partial charge in [-0.3, -0.25) is 9.59 Å². The van der Waals surface area contributed by atoms with Crippen LogP contribution >= 0.6 is 0 Å². The van der Waals surface area contributed by atoms with Gasteiger partial charge in [0.15, 0.2) is 5.78 Å². The summed E-state index contributed by atoms with van der Waals surface area (Å²) in [6, 6.07) is 0. The third-order valence-electron chi connectivity index (χ3n) is 7.63. The summed E-state index contributed by atoms with van der Waals surface area (Å²) in [5.74, 6) is 1.26. The van der Waals surface area contributed by atoms with Gasteiger partial charge in [0.05, 0.1) is 6.10 Å². The van der Waals surface area contributed by atoms with Crippen LogP contribution in [0.1, 0.15) is 58.8 Å². The van der Waals surface area contributed by atoms with E-state index < -0.39 is 0 Å². The lowest BCUT2D eigenvalue weighted by Gasteiger charge is -2.55. The second-order valence-corrected chi connectivity index (χ2v) is 8.54. The fraction of sp³-hybridized carbons (Fsp3) is 0.789.